The van der Waals surface area contributed by atoms with Crippen molar-refractivity contribution in [3.63, 3.8) is 0 Å². The van der Waals surface area contributed by atoms with Gasteiger partial charge in [-0.25, -0.2) is 0 Å². The SMILES string of the molecule is FC(F)(F)Sc1cc(I)c(C(F)(F)F)c(C(F)(F)F)c1. The minimum absolute atomic E-state index is 0.150. The average molecular weight is 440 g/mol. The summed E-state index contributed by atoms with van der Waals surface area (Å²) in [6.45, 7) is 0. The van der Waals surface area contributed by atoms with Gasteiger partial charge in [0.05, 0.1) is 11.1 Å². The van der Waals surface area contributed by atoms with Crippen molar-refractivity contribution in [3.05, 3.63) is 26.8 Å². The van der Waals surface area contributed by atoms with Gasteiger partial charge in [0.25, 0.3) is 0 Å². The molecule has 0 heterocycles. The highest BCUT2D eigenvalue weighted by Gasteiger charge is 2.45. The first-order valence-electron chi connectivity index (χ1n) is 4.45. The van der Waals surface area contributed by atoms with Crippen LogP contribution in [0.5, 0.6) is 0 Å². The van der Waals surface area contributed by atoms with Crippen molar-refractivity contribution in [3.8, 4) is 0 Å². The highest BCUT2D eigenvalue weighted by atomic mass is 127. The molecule has 0 spiro atoms. The lowest BCUT2D eigenvalue weighted by atomic mass is 10.1. The van der Waals surface area contributed by atoms with E-state index >= 15 is 0 Å². The fourth-order valence-electron chi connectivity index (χ4n) is 1.29. The van der Waals surface area contributed by atoms with Crippen LogP contribution in [0.25, 0.3) is 0 Å². The van der Waals surface area contributed by atoms with Crippen LogP contribution in [-0.4, -0.2) is 5.51 Å². The zero-order valence-electron chi connectivity index (χ0n) is 8.84. The van der Waals surface area contributed by atoms with E-state index in [9.17, 15) is 39.5 Å². The van der Waals surface area contributed by atoms with E-state index in [1.54, 1.807) is 0 Å². The summed E-state index contributed by atoms with van der Waals surface area (Å²) < 4.78 is 111. The Bertz CT molecular complexity index is 500. The Balaban J connectivity index is 3.50. The number of benzene rings is 1. The van der Waals surface area contributed by atoms with E-state index in [2.05, 4.69) is 0 Å². The summed E-state index contributed by atoms with van der Waals surface area (Å²) >= 11 is 0.0201. The van der Waals surface area contributed by atoms with E-state index in [4.69, 9.17) is 0 Å². The molecule has 1 aromatic carbocycles. The summed E-state index contributed by atoms with van der Waals surface area (Å²) in [5, 5.41) is 0. The standard InChI is InChI=1S/C9H2F9IS/c10-7(11,12)4-1-3(20-9(16,17)18)2-5(19)6(4)8(13,14)15/h1-2H. The van der Waals surface area contributed by atoms with Gasteiger partial charge in [-0.05, 0) is 46.5 Å². The third kappa shape index (κ3) is 4.60. The van der Waals surface area contributed by atoms with Crippen LogP contribution in [-0.2, 0) is 12.4 Å². The Kier molecular flexibility index (Phi) is 4.84. The number of halogens is 10. The molecule has 0 bridgehead atoms. The van der Waals surface area contributed by atoms with Crippen LogP contribution in [0.1, 0.15) is 11.1 Å². The monoisotopic (exact) mass is 440 g/mol. The van der Waals surface area contributed by atoms with Crippen LogP contribution >= 0.6 is 34.4 Å². The van der Waals surface area contributed by atoms with Crippen molar-refractivity contribution in [1.82, 2.24) is 0 Å². The molecule has 114 valence electrons. The highest BCUT2D eigenvalue weighted by molar-refractivity contribution is 14.1. The third-order valence-electron chi connectivity index (χ3n) is 1.89. The quantitative estimate of drug-likeness (QED) is 0.296. The summed E-state index contributed by atoms with van der Waals surface area (Å²) in [4.78, 5) is -0.956. The molecule has 0 atom stereocenters. The Labute approximate surface area is 123 Å². The predicted octanol–water partition coefficient (Wildman–Crippen LogP) is 5.94. The zero-order valence-corrected chi connectivity index (χ0v) is 11.8. The molecule has 0 nitrogen and oxygen atoms in total. The van der Waals surface area contributed by atoms with Crippen LogP contribution < -0.4 is 0 Å². The Morgan fingerprint density at radius 2 is 1.30 bits per heavy atom. The predicted molar refractivity (Wildman–Crippen MR) is 61.1 cm³/mol. The van der Waals surface area contributed by atoms with E-state index in [0.717, 1.165) is 22.6 Å². The molecule has 0 aliphatic rings. The average Bonchev–Trinajstić information content (AvgIpc) is 2.09. The van der Waals surface area contributed by atoms with Crippen LogP contribution in [0, 0.1) is 3.57 Å². The topological polar surface area (TPSA) is 0 Å². The molecule has 0 aromatic heterocycles. The third-order valence-corrected chi connectivity index (χ3v) is 3.44. The van der Waals surface area contributed by atoms with Crippen LogP contribution in [0.15, 0.2) is 17.0 Å². The first kappa shape index (κ1) is 17.7. The molecular formula is C9H2F9IS. The largest absolute Gasteiger partial charge is 0.446 e. The van der Waals surface area contributed by atoms with E-state index in [1.165, 1.54) is 0 Å². The lowest BCUT2D eigenvalue weighted by Crippen LogP contribution is -2.18. The molecule has 0 aliphatic carbocycles. The number of alkyl halides is 9. The molecular weight excluding hydrogens is 438 g/mol. The van der Waals surface area contributed by atoms with Gasteiger partial charge in [-0.3, -0.25) is 0 Å². The summed E-state index contributed by atoms with van der Waals surface area (Å²) in [5.74, 6) is 0. The normalized spacial score (nSPS) is 13.7. The van der Waals surface area contributed by atoms with Crippen molar-refractivity contribution in [1.29, 1.82) is 0 Å². The van der Waals surface area contributed by atoms with Crippen LogP contribution in [0.4, 0.5) is 39.5 Å². The molecule has 0 fully saturated rings. The summed E-state index contributed by atoms with van der Waals surface area (Å²) in [6, 6.07) is 0.264. The van der Waals surface area contributed by atoms with E-state index in [0.29, 0.717) is 6.07 Å². The minimum Gasteiger partial charge on any atom is -0.166 e. The molecule has 0 amide bonds. The maximum Gasteiger partial charge on any atom is 0.446 e. The summed E-state index contributed by atoms with van der Waals surface area (Å²) in [6.07, 6.45) is -10.7. The molecule has 0 N–H and O–H groups in total. The fourth-order valence-corrected chi connectivity index (χ4v) is 3.05. The molecule has 0 unspecified atom stereocenters. The second kappa shape index (κ2) is 5.46. The van der Waals surface area contributed by atoms with Gasteiger partial charge in [0.2, 0.25) is 0 Å². The van der Waals surface area contributed by atoms with E-state index < -0.39 is 49.2 Å². The molecule has 1 aromatic rings. The van der Waals surface area contributed by atoms with Gasteiger partial charge in [0.15, 0.2) is 0 Å². The van der Waals surface area contributed by atoms with E-state index in [1.807, 2.05) is 0 Å². The van der Waals surface area contributed by atoms with Gasteiger partial charge in [-0.15, -0.1) is 0 Å². The summed E-state index contributed by atoms with van der Waals surface area (Å²) in [5.41, 5.74) is -9.02. The van der Waals surface area contributed by atoms with Gasteiger partial charge in [-0.1, -0.05) is 0 Å². The van der Waals surface area contributed by atoms with Crippen molar-refractivity contribution >= 4 is 34.4 Å². The van der Waals surface area contributed by atoms with Crippen LogP contribution in [0.2, 0.25) is 0 Å². The minimum atomic E-state index is -5.41. The molecule has 0 saturated heterocycles. The van der Waals surface area contributed by atoms with Gasteiger partial charge in [-0.2, -0.15) is 39.5 Å². The molecule has 0 radical (unpaired) electrons. The molecule has 0 saturated carbocycles. The number of hydrogen-bond acceptors (Lipinski definition) is 1. The van der Waals surface area contributed by atoms with Crippen molar-refractivity contribution in [2.24, 2.45) is 0 Å². The first-order chi connectivity index (χ1) is 8.72. The fraction of sp³-hybridized carbons (Fsp3) is 0.333. The Hall–Kier alpha value is -0.330. The first-order valence-corrected chi connectivity index (χ1v) is 6.35. The second-order valence-corrected chi connectivity index (χ2v) is 5.67. The number of rotatable bonds is 1. The lowest BCUT2D eigenvalue weighted by molar-refractivity contribution is -0.162. The van der Waals surface area contributed by atoms with Crippen molar-refractivity contribution in [2.75, 3.05) is 0 Å². The lowest BCUT2D eigenvalue weighted by Gasteiger charge is -2.18. The van der Waals surface area contributed by atoms with Gasteiger partial charge in [0.1, 0.15) is 0 Å². The molecule has 1 rings (SSSR count). The van der Waals surface area contributed by atoms with E-state index in [-0.39, 0.29) is 6.07 Å². The molecule has 11 heteroatoms. The van der Waals surface area contributed by atoms with Gasteiger partial charge in [0, 0.05) is 8.47 Å². The maximum absolute atomic E-state index is 12.6. The number of thioether (sulfide) groups is 1. The Morgan fingerprint density at radius 3 is 1.65 bits per heavy atom. The highest BCUT2D eigenvalue weighted by Crippen LogP contribution is 2.46. The second-order valence-electron chi connectivity index (χ2n) is 3.37. The zero-order chi connectivity index (χ0) is 15.9. The number of hydrogen-bond donors (Lipinski definition) is 0. The van der Waals surface area contributed by atoms with Crippen LogP contribution in [0.3, 0.4) is 0 Å². The smallest absolute Gasteiger partial charge is 0.166 e. The summed E-state index contributed by atoms with van der Waals surface area (Å²) in [7, 11) is 0. The Morgan fingerprint density at radius 1 is 0.800 bits per heavy atom. The van der Waals surface area contributed by atoms with Crippen molar-refractivity contribution < 1.29 is 39.5 Å². The van der Waals surface area contributed by atoms with Gasteiger partial charge < -0.3 is 0 Å². The molecule has 20 heavy (non-hydrogen) atoms. The molecule has 0 aliphatic heterocycles. The van der Waals surface area contributed by atoms with Gasteiger partial charge >= 0.3 is 17.9 Å². The maximum atomic E-state index is 12.6. The van der Waals surface area contributed by atoms with Crippen molar-refractivity contribution in [2.45, 2.75) is 22.8 Å².